The number of hydrogen-bond acceptors (Lipinski definition) is 3. The van der Waals surface area contributed by atoms with E-state index in [2.05, 4.69) is 24.5 Å². The molecule has 2 atom stereocenters. The third-order valence-electron chi connectivity index (χ3n) is 4.51. The summed E-state index contributed by atoms with van der Waals surface area (Å²) in [7, 11) is 0. The van der Waals surface area contributed by atoms with Gasteiger partial charge in [-0.25, -0.2) is 0 Å². The van der Waals surface area contributed by atoms with Crippen LogP contribution in [-0.4, -0.2) is 38.8 Å². The molecule has 18 heavy (non-hydrogen) atoms. The summed E-state index contributed by atoms with van der Waals surface area (Å²) in [6, 6.07) is 0. The summed E-state index contributed by atoms with van der Waals surface area (Å²) in [5.74, 6) is 0.882. The normalized spacial score (nSPS) is 31.9. The van der Waals surface area contributed by atoms with Crippen molar-refractivity contribution in [3.8, 4) is 0 Å². The molecule has 2 saturated heterocycles. The maximum Gasteiger partial charge on any atom is 0.223 e. The van der Waals surface area contributed by atoms with Gasteiger partial charge in [0.2, 0.25) is 5.91 Å². The zero-order chi connectivity index (χ0) is 13.0. The maximum absolute atomic E-state index is 12.2. The van der Waals surface area contributed by atoms with Crippen LogP contribution in [0.25, 0.3) is 0 Å². The standard InChI is InChI=1S/C14H26N2O2/c1-11-9-15-6-3-12(11)13(17)16-10-14(2)4-7-18-8-5-14/h11-12,15H,3-10H2,1-2H3,(H,16,17). The summed E-state index contributed by atoms with van der Waals surface area (Å²) >= 11 is 0. The van der Waals surface area contributed by atoms with E-state index in [-0.39, 0.29) is 17.2 Å². The lowest BCUT2D eigenvalue weighted by Crippen LogP contribution is -2.46. The molecule has 0 bridgehead atoms. The quantitative estimate of drug-likeness (QED) is 0.795. The van der Waals surface area contributed by atoms with Gasteiger partial charge in [0.1, 0.15) is 0 Å². The van der Waals surface area contributed by atoms with Gasteiger partial charge < -0.3 is 15.4 Å². The van der Waals surface area contributed by atoms with Gasteiger partial charge in [-0.1, -0.05) is 13.8 Å². The first-order valence-corrected chi connectivity index (χ1v) is 7.17. The molecule has 0 saturated carbocycles. The maximum atomic E-state index is 12.2. The van der Waals surface area contributed by atoms with Crippen molar-refractivity contribution in [3.63, 3.8) is 0 Å². The van der Waals surface area contributed by atoms with Crippen molar-refractivity contribution >= 4 is 5.91 Å². The van der Waals surface area contributed by atoms with Gasteiger partial charge in [0.05, 0.1) is 0 Å². The summed E-state index contributed by atoms with van der Waals surface area (Å²) in [5.41, 5.74) is 0.226. The summed E-state index contributed by atoms with van der Waals surface area (Å²) < 4.78 is 5.38. The fourth-order valence-electron chi connectivity index (χ4n) is 2.88. The van der Waals surface area contributed by atoms with E-state index in [1.165, 1.54) is 0 Å². The van der Waals surface area contributed by atoms with E-state index < -0.39 is 0 Å². The first-order chi connectivity index (χ1) is 8.61. The van der Waals surface area contributed by atoms with Gasteiger partial charge in [-0.05, 0) is 43.7 Å². The summed E-state index contributed by atoms with van der Waals surface area (Å²) in [4.78, 5) is 12.2. The molecule has 2 heterocycles. The monoisotopic (exact) mass is 254 g/mol. The third-order valence-corrected chi connectivity index (χ3v) is 4.51. The molecular formula is C14H26N2O2. The lowest BCUT2D eigenvalue weighted by atomic mass is 9.81. The zero-order valence-electron chi connectivity index (χ0n) is 11.6. The molecule has 0 aromatic heterocycles. The highest BCUT2D eigenvalue weighted by atomic mass is 16.5. The minimum atomic E-state index is 0.190. The molecule has 2 aliphatic heterocycles. The Morgan fingerprint density at radius 2 is 2.17 bits per heavy atom. The summed E-state index contributed by atoms with van der Waals surface area (Å²) in [6.45, 7) is 8.79. The predicted molar refractivity (Wildman–Crippen MR) is 71.3 cm³/mol. The zero-order valence-corrected chi connectivity index (χ0v) is 11.6. The number of ether oxygens (including phenoxy) is 1. The molecule has 4 heteroatoms. The molecule has 2 aliphatic rings. The summed E-state index contributed by atoms with van der Waals surface area (Å²) in [6.07, 6.45) is 3.07. The van der Waals surface area contributed by atoms with Crippen molar-refractivity contribution in [3.05, 3.63) is 0 Å². The second-order valence-corrected chi connectivity index (χ2v) is 6.22. The van der Waals surface area contributed by atoms with Crippen molar-refractivity contribution in [2.45, 2.75) is 33.1 Å². The Bertz CT molecular complexity index is 288. The molecule has 0 spiro atoms. The number of rotatable bonds is 3. The Hall–Kier alpha value is -0.610. The SMILES string of the molecule is CC1CNCCC1C(=O)NCC1(C)CCOCC1. The Kier molecular flexibility index (Phi) is 4.62. The van der Waals surface area contributed by atoms with Crippen LogP contribution in [0.4, 0.5) is 0 Å². The number of carbonyl (C=O) groups excluding carboxylic acids is 1. The molecule has 1 amide bonds. The van der Waals surface area contributed by atoms with Crippen molar-refractivity contribution in [2.24, 2.45) is 17.3 Å². The van der Waals surface area contributed by atoms with Crippen LogP contribution in [0, 0.1) is 17.3 Å². The van der Waals surface area contributed by atoms with Crippen molar-refractivity contribution in [1.82, 2.24) is 10.6 Å². The molecule has 2 fully saturated rings. The molecule has 2 rings (SSSR count). The van der Waals surface area contributed by atoms with Crippen molar-refractivity contribution in [2.75, 3.05) is 32.8 Å². The van der Waals surface area contributed by atoms with Crippen molar-refractivity contribution < 1.29 is 9.53 Å². The Morgan fingerprint density at radius 1 is 1.44 bits per heavy atom. The van der Waals surface area contributed by atoms with Gasteiger partial charge in [0, 0.05) is 25.7 Å². The Labute approximate surface area is 110 Å². The summed E-state index contributed by atoms with van der Waals surface area (Å²) in [5, 5.41) is 6.51. The average molecular weight is 254 g/mol. The van der Waals surface area contributed by atoms with Gasteiger partial charge in [-0.15, -0.1) is 0 Å². The van der Waals surface area contributed by atoms with Crippen LogP contribution in [0.5, 0.6) is 0 Å². The highest BCUT2D eigenvalue weighted by Crippen LogP contribution is 2.29. The fourth-order valence-corrected chi connectivity index (χ4v) is 2.88. The van der Waals surface area contributed by atoms with E-state index in [0.29, 0.717) is 5.92 Å². The van der Waals surface area contributed by atoms with E-state index in [1.807, 2.05) is 0 Å². The number of carbonyl (C=O) groups is 1. The number of amides is 1. The van der Waals surface area contributed by atoms with E-state index in [9.17, 15) is 4.79 Å². The Morgan fingerprint density at radius 3 is 2.83 bits per heavy atom. The molecular weight excluding hydrogens is 228 g/mol. The van der Waals surface area contributed by atoms with Crippen molar-refractivity contribution in [1.29, 1.82) is 0 Å². The lowest BCUT2D eigenvalue weighted by molar-refractivity contribution is -0.128. The second-order valence-electron chi connectivity index (χ2n) is 6.22. The average Bonchev–Trinajstić information content (AvgIpc) is 2.38. The molecule has 0 aliphatic carbocycles. The van der Waals surface area contributed by atoms with E-state index in [0.717, 1.165) is 52.1 Å². The van der Waals surface area contributed by atoms with E-state index in [1.54, 1.807) is 0 Å². The first-order valence-electron chi connectivity index (χ1n) is 7.17. The van der Waals surface area contributed by atoms with Gasteiger partial charge in [0.25, 0.3) is 0 Å². The topological polar surface area (TPSA) is 50.4 Å². The van der Waals surface area contributed by atoms with Gasteiger partial charge in [-0.3, -0.25) is 4.79 Å². The highest BCUT2D eigenvalue weighted by molar-refractivity contribution is 5.79. The number of nitrogens with one attached hydrogen (secondary N) is 2. The minimum absolute atomic E-state index is 0.190. The Balaban J connectivity index is 1.80. The van der Waals surface area contributed by atoms with E-state index >= 15 is 0 Å². The molecule has 0 aromatic carbocycles. The second kappa shape index (κ2) is 6.02. The fraction of sp³-hybridized carbons (Fsp3) is 0.929. The smallest absolute Gasteiger partial charge is 0.223 e. The molecule has 4 nitrogen and oxygen atoms in total. The lowest BCUT2D eigenvalue weighted by Gasteiger charge is -2.35. The molecule has 2 unspecified atom stereocenters. The predicted octanol–water partition coefficient (Wildman–Crippen LogP) is 1.16. The number of hydrogen-bond donors (Lipinski definition) is 2. The molecule has 2 N–H and O–H groups in total. The van der Waals surface area contributed by atoms with Crippen LogP contribution in [0.2, 0.25) is 0 Å². The minimum Gasteiger partial charge on any atom is -0.381 e. The third kappa shape index (κ3) is 3.45. The molecule has 0 radical (unpaired) electrons. The first kappa shape index (κ1) is 13.8. The van der Waals surface area contributed by atoms with E-state index in [4.69, 9.17) is 4.74 Å². The van der Waals surface area contributed by atoms with Crippen LogP contribution >= 0.6 is 0 Å². The van der Waals surface area contributed by atoms with Crippen LogP contribution in [0.3, 0.4) is 0 Å². The van der Waals surface area contributed by atoms with Crippen LogP contribution in [-0.2, 0) is 9.53 Å². The highest BCUT2D eigenvalue weighted by Gasteiger charge is 2.31. The molecule has 0 aromatic rings. The largest absolute Gasteiger partial charge is 0.381 e. The van der Waals surface area contributed by atoms with Gasteiger partial charge in [-0.2, -0.15) is 0 Å². The number of piperidine rings is 1. The van der Waals surface area contributed by atoms with Crippen LogP contribution in [0.15, 0.2) is 0 Å². The molecule has 104 valence electrons. The van der Waals surface area contributed by atoms with Crippen LogP contribution < -0.4 is 10.6 Å². The van der Waals surface area contributed by atoms with Gasteiger partial charge >= 0.3 is 0 Å². The van der Waals surface area contributed by atoms with Gasteiger partial charge in [0.15, 0.2) is 0 Å². The van der Waals surface area contributed by atoms with Crippen LogP contribution in [0.1, 0.15) is 33.1 Å².